The van der Waals surface area contributed by atoms with Crippen LogP contribution in [0.4, 0.5) is 10.6 Å². The van der Waals surface area contributed by atoms with E-state index in [0.29, 0.717) is 18.9 Å². The molecule has 2 amide bonds. The lowest BCUT2D eigenvalue weighted by Crippen LogP contribution is -2.28. The number of carbonyl (C=O) groups is 1. The van der Waals surface area contributed by atoms with Crippen LogP contribution in [0.25, 0.3) is 0 Å². The quantitative estimate of drug-likeness (QED) is 0.636. The number of aromatic nitrogens is 2. The highest BCUT2D eigenvalue weighted by Crippen LogP contribution is 2.11. The van der Waals surface area contributed by atoms with Crippen molar-refractivity contribution in [1.82, 2.24) is 15.1 Å². The Morgan fingerprint density at radius 1 is 1.67 bits per heavy atom. The van der Waals surface area contributed by atoms with Gasteiger partial charge in [0.15, 0.2) is 5.82 Å². The van der Waals surface area contributed by atoms with E-state index < -0.39 is 0 Å². The Balaban J connectivity index is 2.24. The van der Waals surface area contributed by atoms with Crippen LogP contribution in [0, 0.1) is 0 Å². The molecule has 1 saturated heterocycles. The fourth-order valence-electron chi connectivity index (χ4n) is 1.24. The molecule has 1 aromatic rings. The van der Waals surface area contributed by atoms with Gasteiger partial charge in [0.05, 0.1) is 0 Å². The summed E-state index contributed by atoms with van der Waals surface area (Å²) in [6.07, 6.45) is 1.82. The van der Waals surface area contributed by atoms with Crippen LogP contribution in [0.1, 0.15) is 0 Å². The Morgan fingerprint density at radius 2 is 2.50 bits per heavy atom. The van der Waals surface area contributed by atoms with Crippen molar-refractivity contribution >= 4 is 11.8 Å². The second-order valence-corrected chi connectivity index (χ2v) is 2.73. The van der Waals surface area contributed by atoms with Crippen molar-refractivity contribution in [3.63, 3.8) is 0 Å². The number of urea groups is 1. The molecule has 1 N–H and O–H groups in total. The molecule has 0 aromatic carbocycles. The molecule has 5 nitrogen and oxygen atoms in total. The molecule has 0 aliphatic carbocycles. The standard InChI is InChI=1S/C7H10N4O/c1-10-4-2-6(9-10)11-5-3-8-7(11)12/h2,4H,3,5H2,1H3,(H,8,12). The van der Waals surface area contributed by atoms with Crippen LogP contribution in [0.3, 0.4) is 0 Å². The third-order valence-corrected chi connectivity index (χ3v) is 1.83. The van der Waals surface area contributed by atoms with Crippen molar-refractivity contribution in [2.45, 2.75) is 0 Å². The largest absolute Gasteiger partial charge is 0.336 e. The smallest absolute Gasteiger partial charge is 0.323 e. The van der Waals surface area contributed by atoms with Crippen molar-refractivity contribution in [3.05, 3.63) is 12.3 Å². The van der Waals surface area contributed by atoms with E-state index in [9.17, 15) is 4.79 Å². The van der Waals surface area contributed by atoms with Gasteiger partial charge in [-0.1, -0.05) is 0 Å². The van der Waals surface area contributed by atoms with Gasteiger partial charge < -0.3 is 5.32 Å². The van der Waals surface area contributed by atoms with Gasteiger partial charge in [-0.2, -0.15) is 5.10 Å². The van der Waals surface area contributed by atoms with E-state index in [0.717, 1.165) is 0 Å². The monoisotopic (exact) mass is 166 g/mol. The number of nitrogens with zero attached hydrogens (tertiary/aromatic N) is 3. The minimum absolute atomic E-state index is 0.0614. The van der Waals surface area contributed by atoms with Crippen LogP contribution in [0.5, 0.6) is 0 Å². The fourth-order valence-corrected chi connectivity index (χ4v) is 1.24. The predicted octanol–water partition coefficient (Wildman–Crippen LogP) is -0.0503. The van der Waals surface area contributed by atoms with Crippen LogP contribution in [-0.2, 0) is 7.05 Å². The average Bonchev–Trinajstić information content (AvgIpc) is 2.58. The molecule has 0 spiro atoms. The first-order valence-corrected chi connectivity index (χ1v) is 3.82. The molecule has 0 bridgehead atoms. The maximum atomic E-state index is 11.1. The number of hydrogen-bond acceptors (Lipinski definition) is 2. The number of anilines is 1. The molecule has 0 unspecified atom stereocenters. The first-order valence-electron chi connectivity index (χ1n) is 3.82. The highest BCUT2D eigenvalue weighted by atomic mass is 16.2. The van der Waals surface area contributed by atoms with E-state index in [1.807, 2.05) is 19.3 Å². The number of carbonyl (C=O) groups excluding carboxylic acids is 1. The lowest BCUT2D eigenvalue weighted by molar-refractivity contribution is 0.252. The van der Waals surface area contributed by atoms with Crippen molar-refractivity contribution in [2.24, 2.45) is 7.05 Å². The summed E-state index contributed by atoms with van der Waals surface area (Å²) in [5, 5.41) is 6.84. The minimum Gasteiger partial charge on any atom is -0.336 e. The molecule has 0 saturated carbocycles. The maximum absolute atomic E-state index is 11.1. The summed E-state index contributed by atoms with van der Waals surface area (Å²) in [4.78, 5) is 12.8. The third kappa shape index (κ3) is 1.03. The molecule has 1 aromatic heterocycles. The molecule has 0 radical (unpaired) electrons. The van der Waals surface area contributed by atoms with Gasteiger partial charge >= 0.3 is 6.03 Å². The van der Waals surface area contributed by atoms with E-state index in [4.69, 9.17) is 0 Å². The maximum Gasteiger partial charge on any atom is 0.323 e. The van der Waals surface area contributed by atoms with Crippen LogP contribution in [0.15, 0.2) is 12.3 Å². The third-order valence-electron chi connectivity index (χ3n) is 1.83. The Labute approximate surface area is 70.0 Å². The van der Waals surface area contributed by atoms with E-state index in [2.05, 4.69) is 10.4 Å². The van der Waals surface area contributed by atoms with Crippen LogP contribution < -0.4 is 10.2 Å². The van der Waals surface area contributed by atoms with Crippen LogP contribution in [-0.4, -0.2) is 28.9 Å². The molecule has 2 rings (SSSR count). The summed E-state index contributed by atoms with van der Waals surface area (Å²) in [6, 6.07) is 1.76. The van der Waals surface area contributed by atoms with Gasteiger partial charge in [-0.3, -0.25) is 9.58 Å². The number of amides is 2. The van der Waals surface area contributed by atoms with Crippen LogP contribution in [0.2, 0.25) is 0 Å². The zero-order chi connectivity index (χ0) is 8.55. The second kappa shape index (κ2) is 2.51. The highest BCUT2D eigenvalue weighted by molar-refractivity contribution is 5.92. The summed E-state index contributed by atoms with van der Waals surface area (Å²) >= 11 is 0. The molecule has 64 valence electrons. The van der Waals surface area contributed by atoms with Gasteiger partial charge in [-0.05, 0) is 0 Å². The Kier molecular flexibility index (Phi) is 1.49. The van der Waals surface area contributed by atoms with Crippen molar-refractivity contribution in [1.29, 1.82) is 0 Å². The Morgan fingerprint density at radius 3 is 3.00 bits per heavy atom. The number of aryl methyl sites for hydroxylation is 1. The SMILES string of the molecule is Cn1ccc(N2CCNC2=O)n1. The molecule has 1 aliphatic rings. The fraction of sp³-hybridized carbons (Fsp3) is 0.429. The first-order chi connectivity index (χ1) is 5.77. The lowest BCUT2D eigenvalue weighted by Gasteiger charge is -2.08. The summed E-state index contributed by atoms with van der Waals surface area (Å²) < 4.78 is 1.68. The molecule has 2 heterocycles. The zero-order valence-corrected chi connectivity index (χ0v) is 6.82. The zero-order valence-electron chi connectivity index (χ0n) is 6.82. The van der Waals surface area contributed by atoms with E-state index >= 15 is 0 Å². The molecular formula is C7H10N4O. The average molecular weight is 166 g/mol. The van der Waals surface area contributed by atoms with Crippen LogP contribution >= 0.6 is 0 Å². The Hall–Kier alpha value is -1.52. The van der Waals surface area contributed by atoms with Gasteiger partial charge in [0, 0.05) is 32.4 Å². The molecule has 12 heavy (non-hydrogen) atoms. The predicted molar refractivity (Wildman–Crippen MR) is 44.0 cm³/mol. The molecular weight excluding hydrogens is 156 g/mol. The van der Waals surface area contributed by atoms with Crippen molar-refractivity contribution in [2.75, 3.05) is 18.0 Å². The molecule has 1 aliphatic heterocycles. The normalized spacial score (nSPS) is 16.8. The summed E-state index contributed by atoms with van der Waals surface area (Å²) in [5.74, 6) is 0.715. The number of hydrogen-bond donors (Lipinski definition) is 1. The Bertz CT molecular complexity index is 306. The summed E-state index contributed by atoms with van der Waals surface area (Å²) in [6.45, 7) is 1.41. The molecule has 0 atom stereocenters. The van der Waals surface area contributed by atoms with E-state index in [-0.39, 0.29) is 6.03 Å². The summed E-state index contributed by atoms with van der Waals surface area (Å²) in [5.41, 5.74) is 0. The summed E-state index contributed by atoms with van der Waals surface area (Å²) in [7, 11) is 1.83. The molecule has 1 fully saturated rings. The van der Waals surface area contributed by atoms with Crippen molar-refractivity contribution < 1.29 is 4.79 Å². The number of nitrogens with one attached hydrogen (secondary N) is 1. The lowest BCUT2D eigenvalue weighted by atomic mass is 10.5. The first kappa shape index (κ1) is 7.15. The van der Waals surface area contributed by atoms with E-state index in [1.165, 1.54) is 0 Å². The van der Waals surface area contributed by atoms with Gasteiger partial charge in [-0.25, -0.2) is 4.79 Å². The van der Waals surface area contributed by atoms with Gasteiger partial charge in [0.2, 0.25) is 0 Å². The minimum atomic E-state index is -0.0614. The van der Waals surface area contributed by atoms with Crippen molar-refractivity contribution in [3.8, 4) is 0 Å². The molecule has 5 heteroatoms. The van der Waals surface area contributed by atoms with Gasteiger partial charge in [0.25, 0.3) is 0 Å². The van der Waals surface area contributed by atoms with E-state index in [1.54, 1.807) is 9.58 Å². The topological polar surface area (TPSA) is 50.2 Å². The van der Waals surface area contributed by atoms with Gasteiger partial charge in [-0.15, -0.1) is 0 Å². The second-order valence-electron chi connectivity index (χ2n) is 2.73. The highest BCUT2D eigenvalue weighted by Gasteiger charge is 2.22. The number of rotatable bonds is 1. The van der Waals surface area contributed by atoms with Gasteiger partial charge in [0.1, 0.15) is 0 Å².